The first-order chi connectivity index (χ1) is 8.41. The number of alkyl halides is 4. The molecule has 2 aromatic rings. The monoisotopic (exact) mass is 279 g/mol. The summed E-state index contributed by atoms with van der Waals surface area (Å²) in [5.41, 5.74) is -1.25. The van der Waals surface area contributed by atoms with Gasteiger partial charge in [0.05, 0.1) is 17.6 Å². The maximum absolute atomic E-state index is 13.1. The van der Waals surface area contributed by atoms with Gasteiger partial charge in [0.1, 0.15) is 5.82 Å². The van der Waals surface area contributed by atoms with Crippen molar-refractivity contribution in [2.24, 2.45) is 0 Å². The minimum Gasteiger partial charge on any atom is -0.439 e. The molecule has 2 rings (SSSR count). The van der Waals surface area contributed by atoms with E-state index < -0.39 is 17.6 Å². The Morgan fingerprint density at radius 1 is 1.28 bits per heavy atom. The van der Waals surface area contributed by atoms with Crippen molar-refractivity contribution in [1.29, 1.82) is 0 Å². The zero-order chi connectivity index (χ0) is 13.3. The Kier molecular flexibility index (Phi) is 3.30. The Hall–Kier alpha value is -1.56. The zero-order valence-electron chi connectivity index (χ0n) is 8.76. The van der Waals surface area contributed by atoms with Crippen LogP contribution < -0.4 is 0 Å². The van der Waals surface area contributed by atoms with Crippen LogP contribution in [0.4, 0.5) is 17.6 Å². The van der Waals surface area contributed by atoms with Crippen molar-refractivity contribution in [3.63, 3.8) is 0 Å². The number of nitrogens with zero attached hydrogens (tertiary/aromatic N) is 1. The van der Waals surface area contributed by atoms with Crippen LogP contribution in [0.15, 0.2) is 28.8 Å². The molecule has 0 fully saturated rings. The summed E-state index contributed by atoms with van der Waals surface area (Å²) in [6.07, 6.45) is -3.51. The van der Waals surface area contributed by atoms with Crippen molar-refractivity contribution in [3.8, 4) is 11.3 Å². The summed E-state index contributed by atoms with van der Waals surface area (Å²) in [5, 5.41) is 0. The fraction of sp³-hybridized carbons (Fsp3) is 0.182. The van der Waals surface area contributed by atoms with E-state index in [-0.39, 0.29) is 23.1 Å². The topological polar surface area (TPSA) is 26.0 Å². The third-order valence-corrected chi connectivity index (χ3v) is 2.45. The van der Waals surface area contributed by atoms with Crippen molar-refractivity contribution < 1.29 is 22.0 Å². The Bertz CT molecular complexity index is 564. The van der Waals surface area contributed by atoms with Crippen LogP contribution in [0.2, 0.25) is 0 Å². The van der Waals surface area contributed by atoms with Gasteiger partial charge in [-0.3, -0.25) is 0 Å². The molecule has 1 aromatic heterocycles. The van der Waals surface area contributed by atoms with E-state index in [4.69, 9.17) is 16.0 Å². The first-order valence-corrected chi connectivity index (χ1v) is 5.33. The average Bonchev–Trinajstić information content (AvgIpc) is 2.76. The average molecular weight is 280 g/mol. The molecule has 0 radical (unpaired) electrons. The molecular formula is C11H6ClF4NO. The van der Waals surface area contributed by atoms with Crippen molar-refractivity contribution in [1.82, 2.24) is 4.98 Å². The summed E-state index contributed by atoms with van der Waals surface area (Å²) in [6.45, 7) is 0. The van der Waals surface area contributed by atoms with E-state index in [1.54, 1.807) is 0 Å². The lowest BCUT2D eigenvalue weighted by Gasteiger charge is -2.08. The third kappa shape index (κ3) is 2.48. The lowest BCUT2D eigenvalue weighted by atomic mass is 10.1. The highest BCUT2D eigenvalue weighted by Crippen LogP contribution is 2.34. The van der Waals surface area contributed by atoms with Gasteiger partial charge in [-0.1, -0.05) is 0 Å². The molecule has 0 spiro atoms. The maximum Gasteiger partial charge on any atom is 0.419 e. The number of hydrogen-bond acceptors (Lipinski definition) is 2. The summed E-state index contributed by atoms with van der Waals surface area (Å²) >= 11 is 5.46. The number of halogens is 5. The number of oxazole rings is 1. The molecule has 0 aliphatic carbocycles. The van der Waals surface area contributed by atoms with Gasteiger partial charge in [-0.2, -0.15) is 13.2 Å². The van der Waals surface area contributed by atoms with E-state index in [1.165, 1.54) is 12.3 Å². The fourth-order valence-electron chi connectivity index (χ4n) is 1.40. The fourth-order valence-corrected chi connectivity index (χ4v) is 1.52. The summed E-state index contributed by atoms with van der Waals surface area (Å²) in [7, 11) is 0. The van der Waals surface area contributed by atoms with Crippen LogP contribution in [-0.2, 0) is 12.1 Å². The predicted molar refractivity (Wildman–Crippen MR) is 56.5 cm³/mol. The van der Waals surface area contributed by atoms with Gasteiger partial charge in [-0.05, 0) is 18.2 Å². The van der Waals surface area contributed by atoms with Gasteiger partial charge < -0.3 is 4.42 Å². The van der Waals surface area contributed by atoms with Gasteiger partial charge >= 0.3 is 6.18 Å². The van der Waals surface area contributed by atoms with Crippen molar-refractivity contribution in [3.05, 3.63) is 41.7 Å². The molecule has 18 heavy (non-hydrogen) atoms. The first kappa shape index (κ1) is 12.9. The van der Waals surface area contributed by atoms with E-state index >= 15 is 0 Å². The summed E-state index contributed by atoms with van der Waals surface area (Å²) in [5.74, 6) is -1.03. The Balaban J connectivity index is 2.47. The van der Waals surface area contributed by atoms with Crippen molar-refractivity contribution >= 4 is 11.6 Å². The number of rotatable bonds is 2. The Morgan fingerprint density at radius 2 is 2.00 bits per heavy atom. The summed E-state index contributed by atoms with van der Waals surface area (Å²) in [6, 6.07) is 2.60. The van der Waals surface area contributed by atoms with E-state index in [0.29, 0.717) is 6.07 Å². The van der Waals surface area contributed by atoms with E-state index in [2.05, 4.69) is 4.98 Å². The molecule has 0 amide bonds. The molecular weight excluding hydrogens is 274 g/mol. The zero-order valence-corrected chi connectivity index (χ0v) is 9.52. The van der Waals surface area contributed by atoms with Gasteiger partial charge in [0.25, 0.3) is 0 Å². The van der Waals surface area contributed by atoms with Crippen molar-refractivity contribution in [2.75, 3.05) is 0 Å². The van der Waals surface area contributed by atoms with Crippen LogP contribution in [0.25, 0.3) is 11.3 Å². The van der Waals surface area contributed by atoms with E-state index in [0.717, 1.165) is 6.07 Å². The molecule has 0 atom stereocenters. The summed E-state index contributed by atoms with van der Waals surface area (Å²) in [4.78, 5) is 3.75. The largest absolute Gasteiger partial charge is 0.439 e. The standard InChI is InChI=1S/C11H6ClF4NO/c12-4-10-17-5-9(18-10)6-1-2-8(13)7(3-6)11(14,15)16/h1-3,5H,4H2. The highest BCUT2D eigenvalue weighted by molar-refractivity contribution is 6.16. The minimum absolute atomic E-state index is 0.00726. The second kappa shape index (κ2) is 4.61. The normalized spacial score (nSPS) is 11.8. The number of hydrogen-bond donors (Lipinski definition) is 0. The number of benzene rings is 1. The second-order valence-electron chi connectivity index (χ2n) is 3.44. The van der Waals surface area contributed by atoms with Crippen LogP contribution in [0.1, 0.15) is 11.5 Å². The van der Waals surface area contributed by atoms with Crippen LogP contribution in [0.5, 0.6) is 0 Å². The molecule has 0 bridgehead atoms. The van der Waals surface area contributed by atoms with Crippen LogP contribution in [0.3, 0.4) is 0 Å². The predicted octanol–water partition coefficient (Wildman–Crippen LogP) is 4.24. The molecule has 0 saturated carbocycles. The second-order valence-corrected chi connectivity index (χ2v) is 3.71. The molecule has 1 aromatic carbocycles. The van der Waals surface area contributed by atoms with Crippen molar-refractivity contribution in [2.45, 2.75) is 12.1 Å². The smallest absolute Gasteiger partial charge is 0.419 e. The molecule has 7 heteroatoms. The van der Waals surface area contributed by atoms with E-state index in [1.807, 2.05) is 0 Å². The quantitative estimate of drug-likeness (QED) is 0.607. The van der Waals surface area contributed by atoms with Gasteiger partial charge in [-0.25, -0.2) is 9.37 Å². The van der Waals surface area contributed by atoms with Gasteiger partial charge in [0.2, 0.25) is 5.89 Å². The van der Waals surface area contributed by atoms with Gasteiger partial charge in [0.15, 0.2) is 5.76 Å². The molecule has 0 aliphatic heterocycles. The molecule has 1 heterocycles. The Morgan fingerprint density at radius 3 is 2.56 bits per heavy atom. The lowest BCUT2D eigenvalue weighted by Crippen LogP contribution is -2.08. The van der Waals surface area contributed by atoms with E-state index in [9.17, 15) is 17.6 Å². The highest BCUT2D eigenvalue weighted by Gasteiger charge is 2.34. The molecule has 0 N–H and O–H groups in total. The molecule has 2 nitrogen and oxygen atoms in total. The number of aromatic nitrogens is 1. The highest BCUT2D eigenvalue weighted by atomic mass is 35.5. The molecule has 0 aliphatic rings. The van der Waals surface area contributed by atoms with Crippen LogP contribution in [0, 0.1) is 5.82 Å². The molecule has 0 saturated heterocycles. The van der Waals surface area contributed by atoms with Gasteiger partial charge in [-0.15, -0.1) is 11.6 Å². The lowest BCUT2D eigenvalue weighted by molar-refractivity contribution is -0.139. The third-order valence-electron chi connectivity index (χ3n) is 2.22. The SMILES string of the molecule is Fc1ccc(-c2cnc(CCl)o2)cc1C(F)(F)F. The van der Waals surface area contributed by atoms with Gasteiger partial charge in [0, 0.05) is 5.56 Å². The minimum atomic E-state index is -4.75. The molecule has 0 unspecified atom stereocenters. The van der Waals surface area contributed by atoms with Crippen LogP contribution in [-0.4, -0.2) is 4.98 Å². The summed E-state index contributed by atoms with van der Waals surface area (Å²) < 4.78 is 55.7. The first-order valence-electron chi connectivity index (χ1n) is 4.79. The molecule has 96 valence electrons. The maximum atomic E-state index is 13.1. The Labute approximate surface area is 104 Å². The van der Waals surface area contributed by atoms with Crippen LogP contribution >= 0.6 is 11.6 Å².